The number of halogens is 8. The van der Waals surface area contributed by atoms with Crippen molar-refractivity contribution in [1.82, 2.24) is 0 Å². The fraction of sp³-hybridized carbons (Fsp3) is 0.714. The second-order valence-electron chi connectivity index (χ2n) is 3.37. The summed E-state index contributed by atoms with van der Waals surface area (Å²) in [6, 6.07) is 0. The Labute approximate surface area is 101 Å². The molecular formula is C7H7F8O3P. The van der Waals surface area contributed by atoms with Crippen molar-refractivity contribution in [2.24, 2.45) is 0 Å². The molecule has 0 amide bonds. The monoisotopic (exact) mass is 322 g/mol. The second kappa shape index (κ2) is 4.34. The molecule has 1 aliphatic rings. The van der Waals surface area contributed by atoms with E-state index in [1.165, 1.54) is 6.92 Å². The van der Waals surface area contributed by atoms with Crippen LogP contribution >= 0.6 is 7.91 Å². The molecule has 19 heavy (non-hydrogen) atoms. The molecule has 0 atom stereocenters. The van der Waals surface area contributed by atoms with Gasteiger partial charge in [-0.05, 0) is 0 Å². The van der Waals surface area contributed by atoms with Gasteiger partial charge in [0.25, 0.3) is 0 Å². The van der Waals surface area contributed by atoms with Crippen molar-refractivity contribution in [2.75, 3.05) is 6.61 Å². The zero-order valence-electron chi connectivity index (χ0n) is 9.11. The summed E-state index contributed by atoms with van der Waals surface area (Å²) in [5, 5.41) is 0. The summed E-state index contributed by atoms with van der Waals surface area (Å²) in [6.07, 6.45) is -11.6. The standard InChI is InChI=1S/C7H7F8O3P/c1-2-3-16-19(14,15)17-4(6(8,9)10)5(18-19)7(11,12)13/h2-3H2,1H3. The van der Waals surface area contributed by atoms with Crippen LogP contribution in [0.1, 0.15) is 13.3 Å². The Balaban J connectivity index is 3.17. The van der Waals surface area contributed by atoms with Crippen LogP contribution in [-0.2, 0) is 13.6 Å². The van der Waals surface area contributed by atoms with Gasteiger partial charge < -0.3 is 0 Å². The van der Waals surface area contributed by atoms with E-state index in [-0.39, 0.29) is 6.42 Å². The first kappa shape index (κ1) is 16.2. The molecule has 0 aromatic carbocycles. The van der Waals surface area contributed by atoms with Gasteiger partial charge in [-0.2, -0.15) is 0 Å². The number of allylic oxidation sites excluding steroid dienone is 2. The summed E-state index contributed by atoms with van der Waals surface area (Å²) in [5.41, 5.74) is 0. The van der Waals surface area contributed by atoms with Gasteiger partial charge in [0.15, 0.2) is 0 Å². The molecule has 12 heteroatoms. The van der Waals surface area contributed by atoms with Gasteiger partial charge in [0.2, 0.25) is 0 Å². The molecule has 1 rings (SSSR count). The van der Waals surface area contributed by atoms with E-state index >= 15 is 0 Å². The van der Waals surface area contributed by atoms with Gasteiger partial charge in [-0.25, -0.2) is 0 Å². The van der Waals surface area contributed by atoms with E-state index in [9.17, 15) is 34.7 Å². The number of hydrogen-bond acceptors (Lipinski definition) is 3. The third-order valence-electron chi connectivity index (χ3n) is 1.69. The van der Waals surface area contributed by atoms with Gasteiger partial charge in [0.05, 0.1) is 0 Å². The molecule has 3 nitrogen and oxygen atoms in total. The third kappa shape index (κ3) is 3.59. The Kier molecular flexibility index (Phi) is 3.70. The molecule has 0 spiro atoms. The summed E-state index contributed by atoms with van der Waals surface area (Å²) < 4.78 is 110. The fourth-order valence-electron chi connectivity index (χ4n) is 1.04. The molecule has 114 valence electrons. The van der Waals surface area contributed by atoms with Gasteiger partial charge in [-0.3, -0.25) is 0 Å². The van der Waals surface area contributed by atoms with Crippen molar-refractivity contribution in [3.8, 4) is 0 Å². The van der Waals surface area contributed by atoms with Crippen LogP contribution < -0.4 is 0 Å². The Morgan fingerprint density at radius 2 is 1.32 bits per heavy atom. The summed E-state index contributed by atoms with van der Waals surface area (Å²) in [7, 11) is -7.45. The quantitative estimate of drug-likeness (QED) is 0.548. The minimum absolute atomic E-state index is 0.0822. The van der Waals surface area contributed by atoms with Crippen LogP contribution in [-0.4, -0.2) is 19.0 Å². The van der Waals surface area contributed by atoms with Crippen LogP contribution in [0.3, 0.4) is 0 Å². The molecule has 1 heterocycles. The third-order valence-corrected chi connectivity index (χ3v) is 3.22. The van der Waals surface area contributed by atoms with Crippen molar-refractivity contribution in [3.63, 3.8) is 0 Å². The van der Waals surface area contributed by atoms with E-state index in [1.54, 1.807) is 0 Å². The SMILES string of the molecule is CCCOP1(F)(F)OC(C(F)(F)F)=C(C(F)(F)F)O1. The van der Waals surface area contributed by atoms with Crippen LogP contribution in [0.5, 0.6) is 0 Å². The minimum atomic E-state index is -7.45. The molecule has 0 saturated heterocycles. The van der Waals surface area contributed by atoms with E-state index in [0.717, 1.165) is 0 Å². The molecule has 0 bridgehead atoms. The van der Waals surface area contributed by atoms with Crippen molar-refractivity contribution in [2.45, 2.75) is 25.7 Å². The normalized spacial score (nSPS) is 24.4. The van der Waals surface area contributed by atoms with E-state index in [2.05, 4.69) is 13.6 Å². The van der Waals surface area contributed by atoms with Crippen molar-refractivity contribution < 1.29 is 48.3 Å². The zero-order valence-corrected chi connectivity index (χ0v) is 10.0. The molecule has 0 fully saturated rings. The van der Waals surface area contributed by atoms with E-state index in [0.29, 0.717) is 0 Å². The van der Waals surface area contributed by atoms with E-state index in [1.807, 2.05) is 0 Å². The molecule has 0 unspecified atom stereocenters. The molecular weight excluding hydrogens is 315 g/mol. The first-order valence-corrected chi connectivity index (χ1v) is 6.45. The molecule has 0 saturated carbocycles. The molecule has 0 radical (unpaired) electrons. The Hall–Kier alpha value is -0.830. The van der Waals surface area contributed by atoms with Crippen LogP contribution in [0.2, 0.25) is 0 Å². The Morgan fingerprint density at radius 3 is 1.58 bits per heavy atom. The van der Waals surface area contributed by atoms with Gasteiger partial charge in [-0.1, -0.05) is 0 Å². The van der Waals surface area contributed by atoms with Crippen LogP contribution in [0, 0.1) is 0 Å². The van der Waals surface area contributed by atoms with Crippen molar-refractivity contribution in [1.29, 1.82) is 0 Å². The zero-order chi connectivity index (χ0) is 15.1. The molecule has 0 aromatic rings. The van der Waals surface area contributed by atoms with Crippen LogP contribution in [0.4, 0.5) is 34.7 Å². The maximum absolute atomic E-state index is 13.5. The number of rotatable bonds is 3. The summed E-state index contributed by atoms with van der Waals surface area (Å²) in [6.45, 7) is 0.499. The predicted octanol–water partition coefficient (Wildman–Crippen LogP) is 4.86. The first-order chi connectivity index (χ1) is 8.28. The van der Waals surface area contributed by atoms with Crippen LogP contribution in [0.25, 0.3) is 0 Å². The topological polar surface area (TPSA) is 27.7 Å². The van der Waals surface area contributed by atoms with Gasteiger partial charge in [0, 0.05) is 0 Å². The van der Waals surface area contributed by atoms with E-state index in [4.69, 9.17) is 0 Å². The Morgan fingerprint density at radius 1 is 0.947 bits per heavy atom. The van der Waals surface area contributed by atoms with Gasteiger partial charge in [0.1, 0.15) is 0 Å². The fourth-order valence-corrected chi connectivity index (χ4v) is 2.60. The molecule has 1 aliphatic heterocycles. The van der Waals surface area contributed by atoms with Gasteiger partial charge in [-0.15, -0.1) is 0 Å². The second-order valence-corrected chi connectivity index (χ2v) is 5.40. The van der Waals surface area contributed by atoms with Gasteiger partial charge >= 0.3 is 100 Å². The maximum atomic E-state index is 13.5. The van der Waals surface area contributed by atoms with Crippen LogP contribution in [0.15, 0.2) is 11.5 Å². The summed E-state index contributed by atoms with van der Waals surface area (Å²) >= 11 is 0. The first-order valence-electron chi connectivity index (χ1n) is 4.67. The van der Waals surface area contributed by atoms with E-state index < -0.39 is 38.4 Å². The molecule has 0 aromatic heterocycles. The molecule has 0 N–H and O–H groups in total. The molecule has 0 aliphatic carbocycles. The average Bonchev–Trinajstić information content (AvgIpc) is 2.49. The van der Waals surface area contributed by atoms with Crippen molar-refractivity contribution >= 4 is 7.91 Å². The predicted molar refractivity (Wildman–Crippen MR) is 46.7 cm³/mol. The summed E-state index contributed by atoms with van der Waals surface area (Å²) in [4.78, 5) is 0. The Bertz CT molecular complexity index is 368. The average molecular weight is 322 g/mol. The number of alkyl halides is 6. The number of hydrogen-bond donors (Lipinski definition) is 0. The van der Waals surface area contributed by atoms with Crippen molar-refractivity contribution in [3.05, 3.63) is 11.5 Å². The summed E-state index contributed by atoms with van der Waals surface area (Å²) in [5.74, 6) is -5.86.